The zero-order valence-electron chi connectivity index (χ0n) is 16.8. The van der Waals surface area contributed by atoms with Crippen LogP contribution in [0.15, 0.2) is 48.5 Å². The summed E-state index contributed by atoms with van der Waals surface area (Å²) in [4.78, 5) is 26.7. The summed E-state index contributed by atoms with van der Waals surface area (Å²) < 4.78 is 13.6. The smallest absolute Gasteiger partial charge is 0.254 e. The number of piperidine rings is 1. The summed E-state index contributed by atoms with van der Waals surface area (Å²) in [5.41, 5.74) is 2.21. The molecular weight excluding hydrogens is 369 g/mol. The standard InChI is InChI=1S/C23H28FN3O2/c1-17-8-6-7-13-27(17)16-19-10-3-2-9-18(19)14-25-22(28)15-26-23(29)20-11-4-5-12-21(20)24/h2-5,9-12,17H,6-8,13-16H2,1H3,(H,25,28)(H,26,29)/t17-/m0/s1. The predicted molar refractivity (Wildman–Crippen MR) is 111 cm³/mol. The molecule has 0 saturated carbocycles. The molecule has 5 nitrogen and oxygen atoms in total. The number of rotatable bonds is 7. The van der Waals surface area contributed by atoms with Gasteiger partial charge < -0.3 is 10.6 Å². The highest BCUT2D eigenvalue weighted by Crippen LogP contribution is 2.20. The second-order valence-corrected chi connectivity index (χ2v) is 7.52. The Morgan fingerprint density at radius 1 is 1.03 bits per heavy atom. The summed E-state index contributed by atoms with van der Waals surface area (Å²) in [6.45, 7) is 4.44. The molecule has 0 bridgehead atoms. The largest absolute Gasteiger partial charge is 0.350 e. The van der Waals surface area contributed by atoms with Crippen molar-refractivity contribution in [3.63, 3.8) is 0 Å². The Bertz CT molecular complexity index is 856. The number of halogens is 1. The third-order valence-electron chi connectivity index (χ3n) is 5.44. The van der Waals surface area contributed by atoms with Gasteiger partial charge in [-0.05, 0) is 49.6 Å². The molecule has 6 heteroatoms. The van der Waals surface area contributed by atoms with Gasteiger partial charge in [-0.15, -0.1) is 0 Å². The van der Waals surface area contributed by atoms with E-state index in [4.69, 9.17) is 0 Å². The van der Waals surface area contributed by atoms with Gasteiger partial charge in [0.05, 0.1) is 12.1 Å². The number of likely N-dealkylation sites (tertiary alicyclic amines) is 1. The third kappa shape index (κ3) is 5.87. The van der Waals surface area contributed by atoms with Crippen LogP contribution < -0.4 is 10.6 Å². The molecule has 1 aliphatic rings. The number of nitrogens with zero attached hydrogens (tertiary/aromatic N) is 1. The normalized spacial score (nSPS) is 17.0. The Morgan fingerprint density at radius 3 is 2.52 bits per heavy atom. The van der Waals surface area contributed by atoms with Crippen molar-refractivity contribution in [2.24, 2.45) is 0 Å². The van der Waals surface area contributed by atoms with Crippen LogP contribution in [-0.2, 0) is 17.9 Å². The van der Waals surface area contributed by atoms with E-state index in [1.165, 1.54) is 43.0 Å². The Balaban J connectivity index is 1.51. The molecule has 2 amide bonds. The van der Waals surface area contributed by atoms with Crippen molar-refractivity contribution in [2.45, 2.75) is 45.3 Å². The van der Waals surface area contributed by atoms with Crippen molar-refractivity contribution < 1.29 is 14.0 Å². The lowest BCUT2D eigenvalue weighted by atomic mass is 10.0. The molecule has 1 saturated heterocycles. The summed E-state index contributed by atoms with van der Waals surface area (Å²) in [6.07, 6.45) is 3.74. The molecule has 1 aliphatic heterocycles. The maximum absolute atomic E-state index is 13.6. The molecule has 1 atom stereocenters. The van der Waals surface area contributed by atoms with Gasteiger partial charge in [-0.25, -0.2) is 4.39 Å². The molecule has 2 aromatic rings. The molecule has 0 unspecified atom stereocenters. The molecular formula is C23H28FN3O2. The summed E-state index contributed by atoms with van der Waals surface area (Å²) in [7, 11) is 0. The second kappa shape index (κ2) is 10.2. The molecule has 3 rings (SSSR count). The first-order valence-electron chi connectivity index (χ1n) is 10.1. The number of carbonyl (C=O) groups excluding carboxylic acids is 2. The van der Waals surface area contributed by atoms with Crippen LogP contribution in [0, 0.1) is 5.82 Å². The van der Waals surface area contributed by atoms with Crippen LogP contribution in [0.25, 0.3) is 0 Å². The number of benzene rings is 2. The van der Waals surface area contributed by atoms with Crippen molar-refractivity contribution in [1.29, 1.82) is 0 Å². The van der Waals surface area contributed by atoms with Gasteiger partial charge in [0.1, 0.15) is 5.82 Å². The van der Waals surface area contributed by atoms with E-state index in [1.54, 1.807) is 6.07 Å². The van der Waals surface area contributed by atoms with E-state index in [0.717, 1.165) is 18.7 Å². The van der Waals surface area contributed by atoms with Crippen LogP contribution in [0.1, 0.15) is 47.7 Å². The minimum absolute atomic E-state index is 0.0682. The van der Waals surface area contributed by atoms with E-state index in [9.17, 15) is 14.0 Å². The maximum Gasteiger partial charge on any atom is 0.254 e. The van der Waals surface area contributed by atoms with E-state index >= 15 is 0 Å². The van der Waals surface area contributed by atoms with E-state index < -0.39 is 11.7 Å². The van der Waals surface area contributed by atoms with Gasteiger partial charge in [0.25, 0.3) is 5.91 Å². The highest BCUT2D eigenvalue weighted by Gasteiger charge is 2.19. The Labute approximate surface area is 171 Å². The van der Waals surface area contributed by atoms with Crippen LogP contribution >= 0.6 is 0 Å². The molecule has 0 radical (unpaired) electrons. The predicted octanol–water partition coefficient (Wildman–Crippen LogP) is 3.25. The number of carbonyl (C=O) groups is 2. The van der Waals surface area contributed by atoms with Gasteiger partial charge in [-0.3, -0.25) is 14.5 Å². The summed E-state index contributed by atoms with van der Waals surface area (Å²) in [6, 6.07) is 14.4. The van der Waals surface area contributed by atoms with Gasteiger partial charge >= 0.3 is 0 Å². The zero-order chi connectivity index (χ0) is 20.6. The highest BCUT2D eigenvalue weighted by atomic mass is 19.1. The van der Waals surface area contributed by atoms with Crippen LogP contribution in [0.2, 0.25) is 0 Å². The molecule has 1 heterocycles. The monoisotopic (exact) mass is 397 g/mol. The second-order valence-electron chi connectivity index (χ2n) is 7.52. The van der Waals surface area contributed by atoms with E-state index in [-0.39, 0.29) is 18.0 Å². The lowest BCUT2D eigenvalue weighted by molar-refractivity contribution is -0.120. The average Bonchev–Trinajstić information content (AvgIpc) is 2.73. The van der Waals surface area contributed by atoms with Crippen molar-refractivity contribution >= 4 is 11.8 Å². The van der Waals surface area contributed by atoms with Gasteiger partial charge in [0, 0.05) is 19.1 Å². The summed E-state index contributed by atoms with van der Waals surface area (Å²) in [5.74, 6) is -1.51. The molecule has 29 heavy (non-hydrogen) atoms. The van der Waals surface area contributed by atoms with E-state index in [0.29, 0.717) is 12.6 Å². The third-order valence-corrected chi connectivity index (χ3v) is 5.44. The minimum Gasteiger partial charge on any atom is -0.350 e. The van der Waals surface area contributed by atoms with Gasteiger partial charge in [-0.1, -0.05) is 42.8 Å². The minimum atomic E-state index is -0.605. The summed E-state index contributed by atoms with van der Waals surface area (Å²) >= 11 is 0. The maximum atomic E-state index is 13.6. The molecule has 0 aliphatic carbocycles. The lowest BCUT2D eigenvalue weighted by Crippen LogP contribution is -2.38. The summed E-state index contributed by atoms with van der Waals surface area (Å²) in [5, 5.41) is 5.31. The first-order valence-corrected chi connectivity index (χ1v) is 10.1. The van der Waals surface area contributed by atoms with Crippen LogP contribution in [0.3, 0.4) is 0 Å². The van der Waals surface area contributed by atoms with E-state index in [2.05, 4.69) is 28.5 Å². The molecule has 2 N–H and O–H groups in total. The van der Waals surface area contributed by atoms with Gasteiger partial charge in [0.15, 0.2) is 0 Å². The van der Waals surface area contributed by atoms with Crippen molar-refractivity contribution in [1.82, 2.24) is 15.5 Å². The Hall–Kier alpha value is -2.73. The van der Waals surface area contributed by atoms with Crippen LogP contribution in [0.4, 0.5) is 4.39 Å². The quantitative estimate of drug-likeness (QED) is 0.754. The highest BCUT2D eigenvalue weighted by molar-refractivity contribution is 5.96. The molecule has 0 aromatic heterocycles. The zero-order valence-corrected chi connectivity index (χ0v) is 16.8. The molecule has 2 aromatic carbocycles. The number of amides is 2. The topological polar surface area (TPSA) is 61.4 Å². The van der Waals surface area contributed by atoms with Gasteiger partial charge in [0.2, 0.25) is 5.91 Å². The van der Waals surface area contributed by atoms with E-state index in [1.807, 2.05) is 18.2 Å². The van der Waals surface area contributed by atoms with Gasteiger partial charge in [-0.2, -0.15) is 0 Å². The van der Waals surface area contributed by atoms with Crippen LogP contribution in [0.5, 0.6) is 0 Å². The molecule has 1 fully saturated rings. The molecule has 154 valence electrons. The first kappa shape index (κ1) is 21.0. The number of hydrogen-bond acceptors (Lipinski definition) is 3. The SMILES string of the molecule is C[C@H]1CCCCN1Cc1ccccc1CNC(=O)CNC(=O)c1ccccc1F. The number of nitrogens with one attached hydrogen (secondary N) is 2. The van der Waals surface area contributed by atoms with Crippen molar-refractivity contribution in [3.8, 4) is 0 Å². The fraction of sp³-hybridized carbons (Fsp3) is 0.391. The van der Waals surface area contributed by atoms with Crippen molar-refractivity contribution in [3.05, 3.63) is 71.0 Å². The first-order chi connectivity index (χ1) is 14.0. The Morgan fingerprint density at radius 2 is 1.76 bits per heavy atom. The Kier molecular flexibility index (Phi) is 7.36. The fourth-order valence-corrected chi connectivity index (χ4v) is 3.65. The average molecular weight is 397 g/mol. The fourth-order valence-electron chi connectivity index (χ4n) is 3.65. The molecule has 0 spiro atoms. The van der Waals surface area contributed by atoms with Crippen molar-refractivity contribution in [2.75, 3.05) is 13.1 Å². The lowest BCUT2D eigenvalue weighted by Gasteiger charge is -2.33. The number of hydrogen-bond donors (Lipinski definition) is 2. The van der Waals surface area contributed by atoms with Crippen LogP contribution in [-0.4, -0.2) is 35.8 Å².